The molecule has 1 amide bonds. The van der Waals surface area contributed by atoms with Crippen molar-refractivity contribution >= 4 is 5.91 Å². The summed E-state index contributed by atoms with van der Waals surface area (Å²) in [4.78, 5) is 12.4. The summed E-state index contributed by atoms with van der Waals surface area (Å²) in [6.07, 6.45) is 1.90. The Morgan fingerprint density at radius 3 is 2.81 bits per heavy atom. The highest BCUT2D eigenvalue weighted by Gasteiger charge is 2.17. The van der Waals surface area contributed by atoms with Crippen LogP contribution in [0.3, 0.4) is 0 Å². The zero-order chi connectivity index (χ0) is 19.4. The lowest BCUT2D eigenvalue weighted by molar-refractivity contribution is 0.0907. The molecule has 0 aliphatic carbocycles. The van der Waals surface area contributed by atoms with E-state index in [1.807, 2.05) is 62.8 Å². The van der Waals surface area contributed by atoms with Gasteiger partial charge in [-0.15, -0.1) is 0 Å². The van der Waals surface area contributed by atoms with Gasteiger partial charge in [0.05, 0.1) is 11.7 Å². The molecular weight excluding hydrogens is 342 g/mol. The average molecular weight is 367 g/mol. The van der Waals surface area contributed by atoms with Gasteiger partial charge in [-0.05, 0) is 63.1 Å². The fourth-order valence-electron chi connectivity index (χ4n) is 2.72. The largest absolute Gasteiger partial charge is 0.485 e. The topological polar surface area (TPSA) is 69.3 Å². The molecule has 1 unspecified atom stereocenters. The van der Waals surface area contributed by atoms with Crippen LogP contribution in [-0.2, 0) is 13.2 Å². The molecule has 142 valence electrons. The van der Waals surface area contributed by atoms with Crippen LogP contribution in [0, 0.1) is 13.8 Å². The van der Waals surface area contributed by atoms with Gasteiger partial charge in [-0.3, -0.25) is 9.48 Å². The number of aryl methyl sites for hydroxylation is 3. The molecular formula is C21H25N3O3. The minimum absolute atomic E-state index is 0.204. The predicted molar refractivity (Wildman–Crippen MR) is 103 cm³/mol. The third-order valence-corrected chi connectivity index (χ3v) is 4.38. The first-order chi connectivity index (χ1) is 13.0. The van der Waals surface area contributed by atoms with Crippen LogP contribution in [0.25, 0.3) is 0 Å². The van der Waals surface area contributed by atoms with Gasteiger partial charge in [0, 0.05) is 12.7 Å². The lowest BCUT2D eigenvalue weighted by Gasteiger charge is -2.10. The number of carbonyl (C=O) groups is 1. The summed E-state index contributed by atoms with van der Waals surface area (Å²) in [6.45, 7) is 9.00. The van der Waals surface area contributed by atoms with Crippen LogP contribution in [0.15, 0.2) is 47.0 Å². The Morgan fingerprint density at radius 2 is 2.07 bits per heavy atom. The first-order valence-electron chi connectivity index (χ1n) is 9.09. The van der Waals surface area contributed by atoms with Crippen LogP contribution in [-0.4, -0.2) is 15.7 Å². The molecule has 0 aliphatic heterocycles. The molecule has 1 aromatic carbocycles. The molecule has 6 heteroatoms. The van der Waals surface area contributed by atoms with Crippen LogP contribution in [0.5, 0.6) is 5.75 Å². The van der Waals surface area contributed by atoms with Gasteiger partial charge in [0.2, 0.25) is 0 Å². The molecule has 27 heavy (non-hydrogen) atoms. The molecule has 6 nitrogen and oxygen atoms in total. The molecule has 0 saturated heterocycles. The number of furan rings is 1. The zero-order valence-electron chi connectivity index (χ0n) is 16.2. The first kappa shape index (κ1) is 18.8. The van der Waals surface area contributed by atoms with Crippen molar-refractivity contribution in [1.29, 1.82) is 0 Å². The van der Waals surface area contributed by atoms with E-state index in [0.29, 0.717) is 5.76 Å². The third-order valence-electron chi connectivity index (χ3n) is 4.38. The number of benzene rings is 1. The van der Waals surface area contributed by atoms with Crippen molar-refractivity contribution in [3.05, 3.63) is 70.9 Å². The number of rotatable bonds is 7. The number of nitrogens with one attached hydrogen (secondary N) is 1. The third kappa shape index (κ3) is 4.58. The summed E-state index contributed by atoms with van der Waals surface area (Å²) in [5.41, 5.74) is 3.01. The lowest BCUT2D eigenvalue weighted by Crippen LogP contribution is -2.26. The Balaban J connectivity index is 1.59. The fourth-order valence-corrected chi connectivity index (χ4v) is 2.72. The summed E-state index contributed by atoms with van der Waals surface area (Å²) in [5.74, 6) is 1.41. The van der Waals surface area contributed by atoms with E-state index in [4.69, 9.17) is 9.15 Å². The Morgan fingerprint density at radius 1 is 1.26 bits per heavy atom. The van der Waals surface area contributed by atoms with Crippen molar-refractivity contribution in [3.8, 4) is 5.75 Å². The van der Waals surface area contributed by atoms with E-state index in [1.165, 1.54) is 0 Å². The van der Waals surface area contributed by atoms with E-state index in [-0.39, 0.29) is 24.3 Å². The maximum absolute atomic E-state index is 12.4. The van der Waals surface area contributed by atoms with Gasteiger partial charge in [0.25, 0.3) is 5.91 Å². The van der Waals surface area contributed by atoms with Crippen LogP contribution in [0.1, 0.15) is 53.0 Å². The molecule has 0 saturated carbocycles. The number of ether oxygens (including phenoxy) is 1. The Labute approximate surface area is 159 Å². The second-order valence-corrected chi connectivity index (χ2v) is 6.62. The van der Waals surface area contributed by atoms with Gasteiger partial charge in [0.15, 0.2) is 5.76 Å². The minimum Gasteiger partial charge on any atom is -0.485 e. The summed E-state index contributed by atoms with van der Waals surface area (Å²) in [7, 11) is 0. The summed E-state index contributed by atoms with van der Waals surface area (Å²) >= 11 is 0. The van der Waals surface area contributed by atoms with Gasteiger partial charge in [-0.1, -0.05) is 12.1 Å². The normalized spacial score (nSPS) is 12.0. The van der Waals surface area contributed by atoms with Gasteiger partial charge < -0.3 is 14.5 Å². The van der Waals surface area contributed by atoms with Gasteiger partial charge in [-0.25, -0.2) is 0 Å². The highest BCUT2D eigenvalue weighted by molar-refractivity contribution is 5.91. The number of aromatic nitrogens is 2. The van der Waals surface area contributed by atoms with Crippen LogP contribution < -0.4 is 10.1 Å². The molecule has 0 radical (unpaired) electrons. The van der Waals surface area contributed by atoms with Crippen LogP contribution in [0.4, 0.5) is 0 Å². The van der Waals surface area contributed by atoms with Crippen LogP contribution >= 0.6 is 0 Å². The van der Waals surface area contributed by atoms with Crippen molar-refractivity contribution in [2.24, 2.45) is 0 Å². The van der Waals surface area contributed by atoms with E-state index >= 15 is 0 Å². The lowest BCUT2D eigenvalue weighted by atomic mass is 10.1. The summed E-state index contributed by atoms with van der Waals surface area (Å²) in [6, 6.07) is 11.2. The molecule has 3 aromatic rings. The van der Waals surface area contributed by atoms with E-state index in [0.717, 1.165) is 29.1 Å². The molecule has 0 spiro atoms. The molecule has 0 bridgehead atoms. The summed E-state index contributed by atoms with van der Waals surface area (Å²) in [5, 5.41) is 7.31. The first-order valence-corrected chi connectivity index (χ1v) is 9.09. The predicted octanol–water partition coefficient (Wildman–Crippen LogP) is 4.18. The molecule has 0 aliphatic rings. The number of hydrogen-bond acceptors (Lipinski definition) is 4. The van der Waals surface area contributed by atoms with Gasteiger partial charge >= 0.3 is 0 Å². The maximum Gasteiger partial charge on any atom is 0.287 e. The second-order valence-electron chi connectivity index (χ2n) is 6.62. The quantitative estimate of drug-likeness (QED) is 0.680. The van der Waals surface area contributed by atoms with Gasteiger partial charge in [-0.2, -0.15) is 5.10 Å². The standard InChI is InChI=1S/C21H25N3O3/c1-5-24-11-10-18(23-24)16(4)22-21(25)19-9-8-17(27-19)13-26-20-12-14(2)6-7-15(20)3/h6-12,16H,5,13H2,1-4H3,(H,22,25). The van der Waals surface area contributed by atoms with Crippen molar-refractivity contribution < 1.29 is 13.9 Å². The molecule has 2 heterocycles. The maximum atomic E-state index is 12.4. The van der Waals surface area contributed by atoms with Crippen LogP contribution in [0.2, 0.25) is 0 Å². The van der Waals surface area contributed by atoms with Crippen molar-refractivity contribution in [2.45, 2.75) is 46.9 Å². The number of amides is 1. The van der Waals surface area contributed by atoms with E-state index in [2.05, 4.69) is 10.4 Å². The Kier molecular flexibility index (Phi) is 5.64. The van der Waals surface area contributed by atoms with E-state index < -0.39 is 0 Å². The number of hydrogen-bond donors (Lipinski definition) is 1. The Hall–Kier alpha value is -3.02. The number of nitrogens with zero attached hydrogens (tertiary/aromatic N) is 2. The van der Waals surface area contributed by atoms with E-state index in [1.54, 1.807) is 12.1 Å². The molecule has 0 fully saturated rings. The molecule has 1 N–H and O–H groups in total. The zero-order valence-corrected chi connectivity index (χ0v) is 16.2. The smallest absolute Gasteiger partial charge is 0.287 e. The minimum atomic E-state index is -0.272. The van der Waals surface area contributed by atoms with Crippen molar-refractivity contribution in [3.63, 3.8) is 0 Å². The molecule has 3 rings (SSSR count). The summed E-state index contributed by atoms with van der Waals surface area (Å²) < 4.78 is 13.3. The fraction of sp³-hybridized carbons (Fsp3) is 0.333. The SMILES string of the molecule is CCn1ccc(C(C)NC(=O)c2ccc(COc3cc(C)ccc3C)o2)n1. The van der Waals surface area contributed by atoms with Gasteiger partial charge in [0.1, 0.15) is 18.1 Å². The monoisotopic (exact) mass is 367 g/mol. The highest BCUT2D eigenvalue weighted by Crippen LogP contribution is 2.21. The highest BCUT2D eigenvalue weighted by atomic mass is 16.5. The Bertz CT molecular complexity index is 926. The number of carbonyl (C=O) groups excluding carboxylic acids is 1. The second kappa shape index (κ2) is 8.12. The van der Waals surface area contributed by atoms with E-state index in [9.17, 15) is 4.79 Å². The average Bonchev–Trinajstić information content (AvgIpc) is 3.31. The van der Waals surface area contributed by atoms with Crippen molar-refractivity contribution in [2.75, 3.05) is 0 Å². The molecule has 1 atom stereocenters. The van der Waals surface area contributed by atoms with Crippen molar-refractivity contribution in [1.82, 2.24) is 15.1 Å². The molecule has 2 aromatic heterocycles.